The third kappa shape index (κ3) is 9.63. The highest BCUT2D eigenvalue weighted by atomic mass is 19.4. The zero-order valence-corrected chi connectivity index (χ0v) is 30.5. The summed E-state index contributed by atoms with van der Waals surface area (Å²) in [5, 5.41) is 5.75. The number of pyridine rings is 1. The van der Waals surface area contributed by atoms with Gasteiger partial charge in [-0.1, -0.05) is 12.1 Å². The van der Waals surface area contributed by atoms with Crippen LogP contribution < -0.4 is 15.5 Å². The molecule has 3 aromatic carbocycles. The molecular weight excluding hydrogens is 697 g/mol. The lowest BCUT2D eigenvalue weighted by Crippen LogP contribution is -2.41. The summed E-state index contributed by atoms with van der Waals surface area (Å²) < 4.78 is 45.4. The summed E-state index contributed by atoms with van der Waals surface area (Å²) >= 11 is 0. The maximum Gasteiger partial charge on any atom is 0.416 e. The number of aromatic nitrogens is 1. The number of alkyl halides is 3. The number of nitrogens with one attached hydrogen (secondary N) is 2. The standard InChI is InChI=1S/C41H45F3N6O4/c1-28-9-10-33(41(42,43)44)24-32(28)27-46-38(51)30-13-14-45-37(25-30)35-26-34(50-15-4-3-5-16-50)11-12-36(35)47-39(52)29-7-6-8-31(23-29)40(53)48(2)17-18-49-19-21-54-22-20-49/h6-14,23-26H,3-5,15-22,27H2,1-2H3,(H,46,51)(H,47,52). The Bertz CT molecular complexity index is 1970. The fourth-order valence-electron chi connectivity index (χ4n) is 6.66. The highest BCUT2D eigenvalue weighted by Crippen LogP contribution is 2.34. The molecule has 54 heavy (non-hydrogen) atoms. The molecule has 0 unspecified atom stereocenters. The van der Waals surface area contributed by atoms with Gasteiger partial charge in [0.1, 0.15) is 0 Å². The molecular formula is C41H45F3N6O4. The molecule has 3 amide bonds. The van der Waals surface area contributed by atoms with Crippen molar-refractivity contribution in [2.75, 3.05) is 69.7 Å². The van der Waals surface area contributed by atoms with E-state index in [1.807, 2.05) is 18.2 Å². The Morgan fingerprint density at radius 3 is 2.35 bits per heavy atom. The van der Waals surface area contributed by atoms with Crippen molar-refractivity contribution in [3.05, 3.63) is 112 Å². The molecule has 4 aromatic rings. The molecule has 0 bridgehead atoms. The van der Waals surface area contributed by atoms with Crippen LogP contribution in [0.2, 0.25) is 0 Å². The maximum atomic E-state index is 13.7. The summed E-state index contributed by atoms with van der Waals surface area (Å²) in [4.78, 5) is 51.2. The first-order chi connectivity index (χ1) is 26.0. The number of amides is 3. The Labute approximate surface area is 313 Å². The summed E-state index contributed by atoms with van der Waals surface area (Å²) in [5.41, 5.74) is 3.59. The van der Waals surface area contributed by atoms with Crippen molar-refractivity contribution in [3.63, 3.8) is 0 Å². The smallest absolute Gasteiger partial charge is 0.379 e. The van der Waals surface area contributed by atoms with Crippen LogP contribution in [0.25, 0.3) is 11.3 Å². The molecule has 0 spiro atoms. The van der Waals surface area contributed by atoms with Crippen LogP contribution in [0.3, 0.4) is 0 Å². The van der Waals surface area contributed by atoms with E-state index in [2.05, 4.69) is 25.4 Å². The van der Waals surface area contributed by atoms with Crippen LogP contribution in [0.5, 0.6) is 0 Å². The van der Waals surface area contributed by atoms with Gasteiger partial charge in [0.05, 0.1) is 30.2 Å². The van der Waals surface area contributed by atoms with E-state index in [0.29, 0.717) is 59.0 Å². The number of hydrogen-bond acceptors (Lipinski definition) is 7. The van der Waals surface area contributed by atoms with Gasteiger partial charge in [0, 0.05) is 87.0 Å². The minimum absolute atomic E-state index is 0.0940. The summed E-state index contributed by atoms with van der Waals surface area (Å²) in [6.45, 7) is 7.66. The van der Waals surface area contributed by atoms with Gasteiger partial charge in [-0.25, -0.2) is 0 Å². The summed E-state index contributed by atoms with van der Waals surface area (Å²) in [6.07, 6.45) is 0.266. The predicted molar refractivity (Wildman–Crippen MR) is 202 cm³/mol. The Balaban J connectivity index is 1.21. The third-order valence-corrected chi connectivity index (χ3v) is 9.96. The quantitative estimate of drug-likeness (QED) is 0.177. The Morgan fingerprint density at radius 1 is 0.852 bits per heavy atom. The highest BCUT2D eigenvalue weighted by Gasteiger charge is 2.31. The van der Waals surface area contributed by atoms with Crippen LogP contribution >= 0.6 is 0 Å². The molecule has 2 fully saturated rings. The lowest BCUT2D eigenvalue weighted by Gasteiger charge is -2.29. The predicted octanol–water partition coefficient (Wildman–Crippen LogP) is 6.65. The number of aryl methyl sites for hydroxylation is 1. The van der Waals surface area contributed by atoms with Crippen molar-refractivity contribution in [3.8, 4) is 11.3 Å². The molecule has 6 rings (SSSR count). The van der Waals surface area contributed by atoms with E-state index in [1.165, 1.54) is 18.3 Å². The molecule has 3 heterocycles. The lowest BCUT2D eigenvalue weighted by molar-refractivity contribution is -0.137. The van der Waals surface area contributed by atoms with E-state index in [9.17, 15) is 27.6 Å². The summed E-state index contributed by atoms with van der Waals surface area (Å²) in [7, 11) is 1.75. The number of nitrogens with zero attached hydrogens (tertiary/aromatic N) is 4. The van der Waals surface area contributed by atoms with Crippen molar-refractivity contribution >= 4 is 29.1 Å². The fourth-order valence-corrected chi connectivity index (χ4v) is 6.66. The van der Waals surface area contributed by atoms with Gasteiger partial charge in [0.2, 0.25) is 0 Å². The summed E-state index contributed by atoms with van der Waals surface area (Å²) in [5.74, 6) is -1.09. The van der Waals surface area contributed by atoms with Crippen molar-refractivity contribution in [1.82, 2.24) is 20.1 Å². The molecule has 0 aliphatic carbocycles. The first kappa shape index (κ1) is 38.5. The van der Waals surface area contributed by atoms with Crippen LogP contribution in [-0.4, -0.2) is 92.0 Å². The van der Waals surface area contributed by atoms with Gasteiger partial charge in [-0.05, 0) is 98.0 Å². The molecule has 2 aliphatic rings. The average molecular weight is 743 g/mol. The van der Waals surface area contributed by atoms with E-state index in [-0.39, 0.29) is 18.0 Å². The second-order valence-electron chi connectivity index (χ2n) is 13.7. The number of rotatable bonds is 11. The molecule has 13 heteroatoms. The minimum Gasteiger partial charge on any atom is -0.379 e. The van der Waals surface area contributed by atoms with Crippen molar-refractivity contribution in [2.24, 2.45) is 0 Å². The highest BCUT2D eigenvalue weighted by molar-refractivity contribution is 6.08. The van der Waals surface area contributed by atoms with Crippen molar-refractivity contribution in [1.29, 1.82) is 0 Å². The Morgan fingerprint density at radius 2 is 1.59 bits per heavy atom. The normalized spacial score (nSPS) is 15.1. The molecule has 0 saturated carbocycles. The topological polar surface area (TPSA) is 107 Å². The van der Waals surface area contributed by atoms with E-state index in [0.717, 1.165) is 69.8 Å². The SMILES string of the molecule is Cc1ccc(C(F)(F)F)cc1CNC(=O)c1ccnc(-c2cc(N3CCCCC3)ccc2NC(=O)c2cccc(C(=O)N(C)CCN3CCOCC3)c2)c1. The molecule has 0 radical (unpaired) electrons. The number of carbonyl (C=O) groups excluding carboxylic acids is 3. The molecule has 2 aliphatic heterocycles. The fraction of sp³-hybridized carbons (Fsp3) is 0.366. The number of ether oxygens (including phenoxy) is 1. The monoisotopic (exact) mass is 742 g/mol. The second kappa shape index (κ2) is 17.3. The average Bonchev–Trinajstić information content (AvgIpc) is 3.19. The van der Waals surface area contributed by atoms with E-state index < -0.39 is 23.6 Å². The van der Waals surface area contributed by atoms with Crippen LogP contribution in [0.15, 0.2) is 79.0 Å². The van der Waals surface area contributed by atoms with Gasteiger partial charge in [-0.15, -0.1) is 0 Å². The molecule has 284 valence electrons. The van der Waals surface area contributed by atoms with Gasteiger partial charge < -0.3 is 25.2 Å². The van der Waals surface area contributed by atoms with E-state index in [4.69, 9.17) is 4.74 Å². The number of halogens is 3. The molecule has 2 saturated heterocycles. The van der Waals surface area contributed by atoms with Gasteiger partial charge >= 0.3 is 6.18 Å². The van der Waals surface area contributed by atoms with Gasteiger partial charge in [-0.2, -0.15) is 13.2 Å². The van der Waals surface area contributed by atoms with Gasteiger partial charge in [0.25, 0.3) is 17.7 Å². The van der Waals surface area contributed by atoms with E-state index in [1.54, 1.807) is 49.2 Å². The largest absolute Gasteiger partial charge is 0.416 e. The number of morpholine rings is 1. The molecule has 1 aromatic heterocycles. The van der Waals surface area contributed by atoms with Crippen LogP contribution in [0.1, 0.15) is 67.0 Å². The van der Waals surface area contributed by atoms with Crippen LogP contribution in [0, 0.1) is 6.92 Å². The zero-order valence-electron chi connectivity index (χ0n) is 30.5. The molecule has 0 atom stereocenters. The number of hydrogen-bond donors (Lipinski definition) is 2. The third-order valence-electron chi connectivity index (χ3n) is 9.96. The van der Waals surface area contributed by atoms with Gasteiger partial charge in [-0.3, -0.25) is 24.3 Å². The number of likely N-dealkylation sites (N-methyl/N-ethyl adjacent to an activating group) is 1. The van der Waals surface area contributed by atoms with Crippen molar-refractivity contribution in [2.45, 2.75) is 38.9 Å². The first-order valence-electron chi connectivity index (χ1n) is 18.2. The molecule has 2 N–H and O–H groups in total. The number of carbonyl (C=O) groups is 3. The van der Waals surface area contributed by atoms with Crippen LogP contribution in [0.4, 0.5) is 24.5 Å². The first-order valence-corrected chi connectivity index (χ1v) is 18.2. The van der Waals surface area contributed by atoms with Gasteiger partial charge in [0.15, 0.2) is 0 Å². The Kier molecular flexibility index (Phi) is 12.3. The Hall–Kier alpha value is -5.27. The molecule has 10 nitrogen and oxygen atoms in total. The lowest BCUT2D eigenvalue weighted by atomic mass is 10.0. The number of anilines is 2. The van der Waals surface area contributed by atoms with E-state index >= 15 is 0 Å². The van der Waals surface area contributed by atoms with Crippen molar-refractivity contribution < 1.29 is 32.3 Å². The number of piperidine rings is 1. The number of benzene rings is 3. The summed E-state index contributed by atoms with van der Waals surface area (Å²) in [6, 6.07) is 18.9. The maximum absolute atomic E-state index is 13.7. The minimum atomic E-state index is -4.50. The second-order valence-corrected chi connectivity index (χ2v) is 13.7. The zero-order chi connectivity index (χ0) is 38.2. The van der Waals surface area contributed by atoms with Crippen LogP contribution in [-0.2, 0) is 17.5 Å².